The molecule has 0 saturated carbocycles. The number of hydrogen-bond donors (Lipinski definition) is 2. The van der Waals surface area contributed by atoms with Crippen LogP contribution in [0.5, 0.6) is 0 Å². The van der Waals surface area contributed by atoms with E-state index in [9.17, 15) is 9.59 Å². The van der Waals surface area contributed by atoms with Crippen molar-refractivity contribution in [2.24, 2.45) is 0 Å². The van der Waals surface area contributed by atoms with E-state index in [1.807, 2.05) is 19.1 Å². The molecule has 0 atom stereocenters. The first-order valence-corrected chi connectivity index (χ1v) is 8.37. The van der Waals surface area contributed by atoms with Crippen LogP contribution in [0.2, 0.25) is 0 Å². The summed E-state index contributed by atoms with van der Waals surface area (Å²) in [4.78, 5) is 29.1. The van der Waals surface area contributed by atoms with Gasteiger partial charge in [-0.25, -0.2) is 4.98 Å². The Balaban J connectivity index is 1.86. The maximum absolute atomic E-state index is 12.1. The Morgan fingerprint density at radius 3 is 2.88 bits per heavy atom. The topological polar surface area (TPSA) is 88.4 Å². The number of nitrogens with zero attached hydrogens (tertiary/aromatic N) is 3. The molecule has 2 N–H and O–H groups in total. The summed E-state index contributed by atoms with van der Waals surface area (Å²) in [5, 5.41) is 10.9. The van der Waals surface area contributed by atoms with Gasteiger partial charge in [-0.3, -0.25) is 9.59 Å². The molecule has 24 heavy (non-hydrogen) atoms. The highest BCUT2D eigenvalue weighted by Crippen LogP contribution is 2.16. The van der Waals surface area contributed by atoms with Crippen LogP contribution in [0.4, 0.5) is 5.69 Å². The Kier molecular flexibility index (Phi) is 4.57. The van der Waals surface area contributed by atoms with Crippen molar-refractivity contribution in [3.63, 3.8) is 0 Å². The largest absolute Gasteiger partial charge is 0.379 e. The lowest BCUT2D eigenvalue weighted by atomic mass is 10.1. The molecular weight excluding hydrogens is 326 g/mol. The number of fused-ring (bicyclic) bond motifs is 1. The van der Waals surface area contributed by atoms with Gasteiger partial charge in [0.2, 0.25) is 4.96 Å². The van der Waals surface area contributed by atoms with Gasteiger partial charge < -0.3 is 10.6 Å². The molecule has 0 aliphatic rings. The predicted molar refractivity (Wildman–Crippen MR) is 93.7 cm³/mol. The molecule has 0 aliphatic carbocycles. The lowest BCUT2D eigenvalue weighted by Crippen LogP contribution is -2.20. The molecule has 0 bridgehead atoms. The standard InChI is InChI=1S/C16H17N5O2S/c1-3-13-20-21-14(22)8-10(19-16(21)24-13)9-18-12-7-5-4-6-11(12)15(23)17-2/h4-8,18H,3,9H2,1-2H3,(H,17,23). The van der Waals surface area contributed by atoms with E-state index in [4.69, 9.17) is 0 Å². The SMILES string of the molecule is CCc1nn2c(=O)cc(CNc3ccccc3C(=O)NC)nc2s1. The van der Waals surface area contributed by atoms with Gasteiger partial charge in [0.1, 0.15) is 5.01 Å². The van der Waals surface area contributed by atoms with E-state index in [1.54, 1.807) is 19.2 Å². The highest BCUT2D eigenvalue weighted by atomic mass is 32.1. The number of aryl methyl sites for hydroxylation is 1. The smallest absolute Gasteiger partial charge is 0.275 e. The summed E-state index contributed by atoms with van der Waals surface area (Å²) in [6.45, 7) is 2.33. The molecule has 1 aromatic carbocycles. The second-order valence-electron chi connectivity index (χ2n) is 5.11. The number of carbonyl (C=O) groups is 1. The van der Waals surface area contributed by atoms with E-state index < -0.39 is 0 Å². The number of nitrogens with one attached hydrogen (secondary N) is 2. The number of amides is 1. The monoisotopic (exact) mass is 343 g/mol. The van der Waals surface area contributed by atoms with E-state index in [0.29, 0.717) is 28.5 Å². The molecular formula is C16H17N5O2S. The molecule has 1 amide bonds. The number of benzene rings is 1. The van der Waals surface area contributed by atoms with Crippen molar-refractivity contribution in [3.8, 4) is 0 Å². The van der Waals surface area contributed by atoms with Crippen molar-refractivity contribution in [1.82, 2.24) is 19.9 Å². The van der Waals surface area contributed by atoms with Gasteiger partial charge in [0, 0.05) is 18.8 Å². The molecule has 0 saturated heterocycles. The summed E-state index contributed by atoms with van der Waals surface area (Å²) in [6, 6.07) is 8.66. The van der Waals surface area contributed by atoms with Crippen LogP contribution >= 0.6 is 11.3 Å². The van der Waals surface area contributed by atoms with Gasteiger partial charge in [-0.05, 0) is 18.6 Å². The van der Waals surface area contributed by atoms with E-state index in [2.05, 4.69) is 20.7 Å². The van der Waals surface area contributed by atoms with E-state index in [1.165, 1.54) is 21.9 Å². The van der Waals surface area contributed by atoms with Crippen molar-refractivity contribution in [3.05, 3.63) is 57.0 Å². The third-order valence-electron chi connectivity index (χ3n) is 3.50. The molecule has 3 aromatic rings. The molecule has 0 radical (unpaired) electrons. The molecule has 3 rings (SSSR count). The normalized spacial score (nSPS) is 10.8. The number of aromatic nitrogens is 3. The summed E-state index contributed by atoms with van der Waals surface area (Å²) in [6.07, 6.45) is 0.764. The molecule has 8 heteroatoms. The van der Waals surface area contributed by atoms with Crippen LogP contribution in [-0.4, -0.2) is 27.6 Å². The van der Waals surface area contributed by atoms with Crippen molar-refractivity contribution in [2.45, 2.75) is 19.9 Å². The summed E-state index contributed by atoms with van der Waals surface area (Å²) in [5.74, 6) is -0.170. The lowest BCUT2D eigenvalue weighted by Gasteiger charge is -2.10. The fraction of sp³-hybridized carbons (Fsp3) is 0.250. The fourth-order valence-corrected chi connectivity index (χ4v) is 3.14. The molecule has 0 spiro atoms. The zero-order chi connectivity index (χ0) is 17.1. The average molecular weight is 343 g/mol. The maximum atomic E-state index is 12.1. The highest BCUT2D eigenvalue weighted by Gasteiger charge is 2.11. The zero-order valence-electron chi connectivity index (χ0n) is 13.4. The van der Waals surface area contributed by atoms with Crippen molar-refractivity contribution < 1.29 is 4.79 Å². The molecule has 0 aliphatic heterocycles. The quantitative estimate of drug-likeness (QED) is 0.736. The number of hydrogen-bond acceptors (Lipinski definition) is 6. The molecule has 7 nitrogen and oxygen atoms in total. The number of carbonyl (C=O) groups excluding carboxylic acids is 1. The molecule has 2 heterocycles. The van der Waals surface area contributed by atoms with Crippen LogP contribution in [-0.2, 0) is 13.0 Å². The van der Waals surface area contributed by atoms with Crippen LogP contribution in [0.3, 0.4) is 0 Å². The molecule has 0 unspecified atom stereocenters. The minimum atomic E-state index is -0.202. The van der Waals surface area contributed by atoms with Crippen molar-refractivity contribution in [2.75, 3.05) is 12.4 Å². The average Bonchev–Trinajstić information content (AvgIpc) is 3.03. The summed E-state index contributed by atoms with van der Waals surface area (Å²) in [5.41, 5.74) is 1.65. The number of anilines is 1. The Morgan fingerprint density at radius 1 is 1.33 bits per heavy atom. The van der Waals surface area contributed by atoms with Crippen LogP contribution < -0.4 is 16.2 Å². The van der Waals surface area contributed by atoms with Crippen LogP contribution in [0.25, 0.3) is 4.96 Å². The summed E-state index contributed by atoms with van der Waals surface area (Å²) >= 11 is 1.41. The predicted octanol–water partition coefficient (Wildman–Crippen LogP) is 1.69. The van der Waals surface area contributed by atoms with E-state index >= 15 is 0 Å². The van der Waals surface area contributed by atoms with E-state index in [0.717, 1.165) is 11.4 Å². The lowest BCUT2D eigenvalue weighted by molar-refractivity contribution is 0.0964. The summed E-state index contributed by atoms with van der Waals surface area (Å²) < 4.78 is 1.32. The number of rotatable bonds is 5. The second-order valence-corrected chi connectivity index (χ2v) is 6.15. The van der Waals surface area contributed by atoms with Gasteiger partial charge in [-0.1, -0.05) is 30.4 Å². The Hall–Kier alpha value is -2.74. The van der Waals surface area contributed by atoms with Gasteiger partial charge in [-0.15, -0.1) is 0 Å². The van der Waals surface area contributed by atoms with Gasteiger partial charge in [0.05, 0.1) is 17.8 Å². The molecule has 124 valence electrons. The van der Waals surface area contributed by atoms with Crippen LogP contribution in [0, 0.1) is 0 Å². The first-order valence-electron chi connectivity index (χ1n) is 7.56. The zero-order valence-corrected chi connectivity index (χ0v) is 14.2. The first-order chi connectivity index (χ1) is 11.6. The third kappa shape index (κ3) is 3.13. The minimum absolute atomic E-state index is 0.170. The van der Waals surface area contributed by atoms with Crippen molar-refractivity contribution in [1.29, 1.82) is 0 Å². The fourth-order valence-electron chi connectivity index (χ4n) is 2.29. The maximum Gasteiger partial charge on any atom is 0.275 e. The Labute approximate surface area is 142 Å². The Morgan fingerprint density at radius 2 is 2.12 bits per heavy atom. The van der Waals surface area contributed by atoms with Gasteiger partial charge in [0.15, 0.2) is 0 Å². The van der Waals surface area contributed by atoms with Gasteiger partial charge in [0.25, 0.3) is 11.5 Å². The van der Waals surface area contributed by atoms with Crippen LogP contribution in [0.1, 0.15) is 28.0 Å². The first kappa shape index (κ1) is 16.1. The number of para-hydroxylation sites is 1. The highest BCUT2D eigenvalue weighted by molar-refractivity contribution is 7.16. The minimum Gasteiger partial charge on any atom is -0.379 e. The van der Waals surface area contributed by atoms with Crippen LogP contribution in [0.15, 0.2) is 35.1 Å². The van der Waals surface area contributed by atoms with Gasteiger partial charge in [-0.2, -0.15) is 9.61 Å². The van der Waals surface area contributed by atoms with Gasteiger partial charge >= 0.3 is 0 Å². The molecule has 0 fully saturated rings. The molecule has 2 aromatic heterocycles. The second kappa shape index (κ2) is 6.79. The van der Waals surface area contributed by atoms with E-state index in [-0.39, 0.29) is 11.5 Å². The summed E-state index contributed by atoms with van der Waals surface area (Å²) in [7, 11) is 1.59. The third-order valence-corrected chi connectivity index (χ3v) is 4.55. The Bertz CT molecular complexity index is 947. The van der Waals surface area contributed by atoms with Crippen molar-refractivity contribution >= 4 is 27.9 Å².